The number of rotatable bonds is 15. The lowest BCUT2D eigenvalue weighted by Crippen LogP contribution is -2.55. The van der Waals surface area contributed by atoms with Gasteiger partial charge < -0.3 is 35.0 Å². The molecule has 4 aromatic rings. The first-order valence-electron chi connectivity index (χ1n) is 15.5. The molecule has 0 spiro atoms. The Morgan fingerprint density at radius 2 is 1.50 bits per heavy atom. The Morgan fingerprint density at radius 3 is 2.10 bits per heavy atom. The zero-order chi connectivity index (χ0) is 35.8. The van der Waals surface area contributed by atoms with E-state index in [2.05, 4.69) is 10.6 Å². The maximum absolute atomic E-state index is 13.7. The van der Waals surface area contributed by atoms with Crippen molar-refractivity contribution in [3.8, 4) is 5.75 Å². The number of aliphatic carboxylic acids is 1. The highest BCUT2D eigenvalue weighted by atomic mass is 32.2. The number of halogens is 2. The number of β-lactam (4-membered cyclic amide) rings is 1. The molecule has 0 aliphatic carbocycles. The summed E-state index contributed by atoms with van der Waals surface area (Å²) in [5, 5.41) is 23.3. The number of carbonyl (C=O) groups is 4. The predicted molar refractivity (Wildman–Crippen MR) is 178 cm³/mol. The SMILES string of the molecule is O=C(COc1ccc(C2C(CC[S+]([O-])c3ccc(F)cc3)C(=O)N2c2ccc(F)cc2)cc1)N[C@@H](C(=O)N[C@@H](CO)C(=O)O)c1ccccc1. The first-order valence-corrected chi connectivity index (χ1v) is 16.8. The molecule has 0 bridgehead atoms. The summed E-state index contributed by atoms with van der Waals surface area (Å²) in [4.78, 5) is 52.4. The van der Waals surface area contributed by atoms with Crippen molar-refractivity contribution in [2.45, 2.75) is 29.4 Å². The molecule has 5 rings (SSSR count). The van der Waals surface area contributed by atoms with E-state index in [1.165, 1.54) is 53.4 Å². The molecule has 4 aromatic carbocycles. The Morgan fingerprint density at radius 1 is 0.880 bits per heavy atom. The van der Waals surface area contributed by atoms with Crippen LogP contribution in [0.25, 0.3) is 0 Å². The molecule has 1 aliphatic heterocycles. The number of carbonyl (C=O) groups excluding carboxylic acids is 3. The minimum absolute atomic E-state index is 0.158. The first-order chi connectivity index (χ1) is 24.0. The molecule has 1 aliphatic rings. The molecule has 0 radical (unpaired) electrons. The minimum Gasteiger partial charge on any atom is -0.611 e. The third-order valence-corrected chi connectivity index (χ3v) is 9.50. The van der Waals surface area contributed by atoms with Crippen LogP contribution in [0.5, 0.6) is 5.75 Å². The highest BCUT2D eigenvalue weighted by Crippen LogP contribution is 2.45. The number of ether oxygens (including phenoxy) is 1. The average Bonchev–Trinajstić information content (AvgIpc) is 3.12. The molecule has 260 valence electrons. The van der Waals surface area contributed by atoms with Crippen molar-refractivity contribution < 1.29 is 47.5 Å². The molecule has 50 heavy (non-hydrogen) atoms. The van der Waals surface area contributed by atoms with Crippen LogP contribution in [-0.4, -0.2) is 63.5 Å². The van der Waals surface area contributed by atoms with Crippen LogP contribution < -0.4 is 20.3 Å². The normalized spacial score (nSPS) is 17.2. The summed E-state index contributed by atoms with van der Waals surface area (Å²) >= 11 is -1.47. The summed E-state index contributed by atoms with van der Waals surface area (Å²) in [5.74, 6) is -4.19. The van der Waals surface area contributed by atoms with Gasteiger partial charge in [-0.1, -0.05) is 42.5 Å². The largest absolute Gasteiger partial charge is 0.611 e. The van der Waals surface area contributed by atoms with Crippen molar-refractivity contribution in [1.82, 2.24) is 10.6 Å². The van der Waals surface area contributed by atoms with Gasteiger partial charge in [0.05, 0.1) is 18.6 Å². The fourth-order valence-corrected chi connectivity index (χ4v) is 6.68. The monoisotopic (exact) mass is 705 g/mol. The van der Waals surface area contributed by atoms with Gasteiger partial charge in [-0.2, -0.15) is 0 Å². The number of aliphatic hydroxyl groups is 1. The number of carboxylic acid groups (broad SMARTS) is 1. The number of benzene rings is 4. The summed E-state index contributed by atoms with van der Waals surface area (Å²) in [7, 11) is 0. The van der Waals surface area contributed by atoms with Crippen molar-refractivity contribution in [1.29, 1.82) is 0 Å². The van der Waals surface area contributed by atoms with E-state index in [4.69, 9.17) is 4.74 Å². The lowest BCUT2D eigenvalue weighted by atomic mass is 9.80. The topological polar surface area (TPSA) is 168 Å². The minimum atomic E-state index is -1.57. The zero-order valence-corrected chi connectivity index (χ0v) is 27.2. The molecule has 0 saturated carbocycles. The number of hydrogen-bond acceptors (Lipinski definition) is 7. The van der Waals surface area contributed by atoms with Gasteiger partial charge in [0.25, 0.3) is 5.91 Å². The first kappa shape index (κ1) is 36.0. The van der Waals surface area contributed by atoms with E-state index in [1.807, 2.05) is 0 Å². The average molecular weight is 706 g/mol. The lowest BCUT2D eigenvalue weighted by Gasteiger charge is -2.47. The summed E-state index contributed by atoms with van der Waals surface area (Å²) in [5.41, 5.74) is 1.57. The molecule has 3 unspecified atom stereocenters. The molecular weight excluding hydrogens is 672 g/mol. The molecule has 14 heteroatoms. The van der Waals surface area contributed by atoms with Gasteiger partial charge in [0, 0.05) is 12.1 Å². The summed E-state index contributed by atoms with van der Waals surface area (Å²) in [6, 6.07) is 22.3. The fourth-order valence-electron chi connectivity index (χ4n) is 5.54. The van der Waals surface area contributed by atoms with Gasteiger partial charge in [0.1, 0.15) is 35.2 Å². The maximum Gasteiger partial charge on any atom is 0.328 e. The third kappa shape index (κ3) is 8.64. The second-order valence-electron chi connectivity index (χ2n) is 11.4. The summed E-state index contributed by atoms with van der Waals surface area (Å²) < 4.78 is 45.6. The molecule has 4 N–H and O–H groups in total. The molecule has 5 atom stereocenters. The Balaban J connectivity index is 1.26. The van der Waals surface area contributed by atoms with Gasteiger partial charge in [-0.15, -0.1) is 0 Å². The Bertz CT molecular complexity index is 1800. The number of aliphatic hydroxyl groups excluding tert-OH is 1. The highest BCUT2D eigenvalue weighted by Gasteiger charge is 2.49. The van der Waals surface area contributed by atoms with Crippen LogP contribution in [0.3, 0.4) is 0 Å². The van der Waals surface area contributed by atoms with Crippen LogP contribution in [0.15, 0.2) is 108 Å². The van der Waals surface area contributed by atoms with Crippen molar-refractivity contribution in [2.75, 3.05) is 23.9 Å². The number of nitrogens with zero attached hydrogens (tertiary/aromatic N) is 1. The van der Waals surface area contributed by atoms with Gasteiger partial charge >= 0.3 is 5.97 Å². The van der Waals surface area contributed by atoms with E-state index < -0.39 is 77.9 Å². The van der Waals surface area contributed by atoms with Crippen LogP contribution >= 0.6 is 0 Å². The molecular formula is C36H33F2N3O8S. The third-order valence-electron chi connectivity index (χ3n) is 8.10. The Hall–Kier alpha value is -5.31. The maximum atomic E-state index is 13.7. The summed E-state index contributed by atoms with van der Waals surface area (Å²) in [6.07, 6.45) is 0.269. The second-order valence-corrected chi connectivity index (χ2v) is 12.9. The van der Waals surface area contributed by atoms with E-state index >= 15 is 0 Å². The van der Waals surface area contributed by atoms with Gasteiger partial charge in [0.2, 0.25) is 11.8 Å². The molecule has 1 saturated heterocycles. The Labute approximate surface area is 289 Å². The van der Waals surface area contributed by atoms with Gasteiger partial charge in [-0.3, -0.25) is 14.4 Å². The van der Waals surface area contributed by atoms with Crippen LogP contribution in [0.1, 0.15) is 29.6 Å². The van der Waals surface area contributed by atoms with E-state index in [0.29, 0.717) is 27.5 Å². The molecule has 11 nitrogen and oxygen atoms in total. The Kier molecular flexibility index (Phi) is 11.8. The zero-order valence-electron chi connectivity index (χ0n) is 26.4. The molecule has 1 fully saturated rings. The van der Waals surface area contributed by atoms with E-state index in [0.717, 1.165) is 0 Å². The molecule has 0 aromatic heterocycles. The fraction of sp³-hybridized carbons (Fsp3) is 0.222. The van der Waals surface area contributed by atoms with Crippen LogP contribution in [0.2, 0.25) is 0 Å². The van der Waals surface area contributed by atoms with E-state index in [-0.39, 0.29) is 18.1 Å². The van der Waals surface area contributed by atoms with Crippen LogP contribution in [0, 0.1) is 17.6 Å². The number of anilines is 1. The van der Waals surface area contributed by atoms with Gasteiger partial charge in [-0.05, 0) is 83.0 Å². The van der Waals surface area contributed by atoms with Crippen LogP contribution in [0.4, 0.5) is 14.5 Å². The number of carboxylic acids is 1. The number of nitrogens with one attached hydrogen (secondary N) is 2. The van der Waals surface area contributed by atoms with Crippen molar-refractivity contribution in [2.24, 2.45) is 5.92 Å². The second kappa shape index (κ2) is 16.4. The molecule has 3 amide bonds. The van der Waals surface area contributed by atoms with Crippen LogP contribution in [-0.2, 0) is 30.4 Å². The standard InChI is InChI=1S/C36H33F2N3O8S/c37-24-8-12-26(13-9-24)41-33(29(35(41)45)18-19-50(48)28-16-10-25(38)11-17-28)23-6-14-27(15-7-23)49-21-31(43)40-32(22-4-2-1-3-5-22)34(44)39-30(20-42)36(46)47/h1-17,29-30,32-33,42H,18-21H2,(H,39,44)(H,40,43)(H,46,47)/t29?,30-,32+,33?,50?/m0/s1. The van der Waals surface area contributed by atoms with E-state index in [9.17, 15) is 42.7 Å². The highest BCUT2D eigenvalue weighted by molar-refractivity contribution is 7.91. The smallest absolute Gasteiger partial charge is 0.328 e. The van der Waals surface area contributed by atoms with Crippen molar-refractivity contribution >= 4 is 40.6 Å². The number of hydrogen-bond donors (Lipinski definition) is 4. The van der Waals surface area contributed by atoms with Gasteiger partial charge in [-0.25, -0.2) is 13.6 Å². The summed E-state index contributed by atoms with van der Waals surface area (Å²) in [6.45, 7) is -1.34. The molecule has 1 heterocycles. The number of amides is 3. The van der Waals surface area contributed by atoms with E-state index in [1.54, 1.807) is 54.6 Å². The quantitative estimate of drug-likeness (QED) is 0.107. The van der Waals surface area contributed by atoms with Crippen molar-refractivity contribution in [3.63, 3.8) is 0 Å². The lowest BCUT2D eigenvalue weighted by molar-refractivity contribution is -0.143. The van der Waals surface area contributed by atoms with Gasteiger partial charge in [0.15, 0.2) is 11.5 Å². The predicted octanol–water partition coefficient (Wildman–Crippen LogP) is 3.66. The van der Waals surface area contributed by atoms with Crippen molar-refractivity contribution in [3.05, 3.63) is 126 Å².